The van der Waals surface area contributed by atoms with Crippen molar-refractivity contribution in [3.8, 4) is 0 Å². The van der Waals surface area contributed by atoms with Crippen molar-refractivity contribution < 1.29 is 0 Å². The summed E-state index contributed by atoms with van der Waals surface area (Å²) in [6.45, 7) is 2.29. The Morgan fingerprint density at radius 2 is 2.00 bits per heavy atom. The second-order valence-electron chi connectivity index (χ2n) is 4.89. The SMILES string of the molecule is CCCCCC[C@H]1C[C@H]2C=C[C@@H]1C2. The van der Waals surface area contributed by atoms with Crippen molar-refractivity contribution in [3.63, 3.8) is 0 Å². The summed E-state index contributed by atoms with van der Waals surface area (Å²) in [7, 11) is 0. The fourth-order valence-electron chi connectivity index (χ4n) is 3.06. The summed E-state index contributed by atoms with van der Waals surface area (Å²) in [6, 6.07) is 0. The lowest BCUT2D eigenvalue weighted by atomic mass is 9.88. The van der Waals surface area contributed by atoms with Gasteiger partial charge in [0.25, 0.3) is 0 Å². The van der Waals surface area contributed by atoms with E-state index in [1.54, 1.807) is 0 Å². The molecule has 0 N–H and O–H groups in total. The number of fused-ring (bicyclic) bond motifs is 2. The lowest BCUT2D eigenvalue weighted by Gasteiger charge is -2.17. The van der Waals surface area contributed by atoms with Crippen molar-refractivity contribution in [2.24, 2.45) is 17.8 Å². The summed E-state index contributed by atoms with van der Waals surface area (Å²) in [6.07, 6.45) is 15.2. The van der Waals surface area contributed by atoms with Crippen LogP contribution in [0.5, 0.6) is 0 Å². The molecule has 74 valence electrons. The van der Waals surface area contributed by atoms with Gasteiger partial charge in [0.1, 0.15) is 0 Å². The molecular weight excluding hydrogens is 156 g/mol. The van der Waals surface area contributed by atoms with Gasteiger partial charge in [0.05, 0.1) is 0 Å². The zero-order chi connectivity index (χ0) is 9.10. The molecule has 0 aliphatic heterocycles. The summed E-state index contributed by atoms with van der Waals surface area (Å²) in [5.41, 5.74) is 0. The maximum Gasteiger partial charge on any atom is -0.0199 e. The van der Waals surface area contributed by atoms with Gasteiger partial charge in [-0.3, -0.25) is 0 Å². The average molecular weight is 178 g/mol. The fourth-order valence-corrected chi connectivity index (χ4v) is 3.06. The molecule has 0 amide bonds. The summed E-state index contributed by atoms with van der Waals surface area (Å²) >= 11 is 0. The van der Waals surface area contributed by atoms with Gasteiger partial charge in [0.15, 0.2) is 0 Å². The standard InChI is InChI=1S/C13H22/c1-2-3-4-5-6-12-9-11-7-8-13(12)10-11/h7-8,11-13H,2-6,9-10H2,1H3/t11-,12+,13-/m1/s1. The Labute approximate surface area is 82.4 Å². The minimum atomic E-state index is 0.973. The molecule has 2 aliphatic carbocycles. The van der Waals surface area contributed by atoms with Crippen LogP contribution in [0.2, 0.25) is 0 Å². The Hall–Kier alpha value is -0.260. The molecule has 1 saturated carbocycles. The first-order valence-electron chi connectivity index (χ1n) is 6.08. The molecule has 0 radical (unpaired) electrons. The predicted molar refractivity (Wildman–Crippen MR) is 57.6 cm³/mol. The topological polar surface area (TPSA) is 0 Å². The molecule has 0 heteroatoms. The Morgan fingerprint density at radius 1 is 1.08 bits per heavy atom. The van der Waals surface area contributed by atoms with Crippen LogP contribution in [-0.2, 0) is 0 Å². The van der Waals surface area contributed by atoms with Gasteiger partial charge >= 0.3 is 0 Å². The Balaban J connectivity index is 1.64. The lowest BCUT2D eigenvalue weighted by molar-refractivity contribution is 0.395. The summed E-state index contributed by atoms with van der Waals surface area (Å²) < 4.78 is 0. The van der Waals surface area contributed by atoms with E-state index in [2.05, 4.69) is 19.1 Å². The van der Waals surface area contributed by atoms with Crippen molar-refractivity contribution in [2.45, 2.75) is 51.9 Å². The molecule has 13 heavy (non-hydrogen) atoms. The van der Waals surface area contributed by atoms with E-state index >= 15 is 0 Å². The van der Waals surface area contributed by atoms with Gasteiger partial charge in [-0.2, -0.15) is 0 Å². The molecular formula is C13H22. The van der Waals surface area contributed by atoms with Crippen molar-refractivity contribution in [1.29, 1.82) is 0 Å². The van der Waals surface area contributed by atoms with E-state index in [1.807, 2.05) is 0 Å². The average Bonchev–Trinajstić information content (AvgIpc) is 2.73. The summed E-state index contributed by atoms with van der Waals surface area (Å²) in [4.78, 5) is 0. The van der Waals surface area contributed by atoms with E-state index in [-0.39, 0.29) is 0 Å². The quantitative estimate of drug-likeness (QED) is 0.438. The van der Waals surface area contributed by atoms with Gasteiger partial charge in [0.2, 0.25) is 0 Å². The van der Waals surface area contributed by atoms with Gasteiger partial charge in [0, 0.05) is 0 Å². The second kappa shape index (κ2) is 4.30. The van der Waals surface area contributed by atoms with Crippen molar-refractivity contribution in [1.82, 2.24) is 0 Å². The third kappa shape index (κ3) is 2.15. The minimum absolute atomic E-state index is 0.973. The van der Waals surface area contributed by atoms with Crippen LogP contribution in [-0.4, -0.2) is 0 Å². The molecule has 0 saturated heterocycles. The van der Waals surface area contributed by atoms with E-state index < -0.39 is 0 Å². The minimum Gasteiger partial charge on any atom is -0.0851 e. The number of hydrogen-bond acceptors (Lipinski definition) is 0. The predicted octanol–water partition coefficient (Wildman–Crippen LogP) is 4.17. The maximum absolute atomic E-state index is 2.48. The highest BCUT2D eigenvalue weighted by Gasteiger charge is 2.34. The van der Waals surface area contributed by atoms with E-state index in [4.69, 9.17) is 0 Å². The highest BCUT2D eigenvalue weighted by Crippen LogP contribution is 2.45. The first-order chi connectivity index (χ1) is 6.40. The van der Waals surface area contributed by atoms with Gasteiger partial charge in [-0.1, -0.05) is 44.8 Å². The largest absolute Gasteiger partial charge is 0.0851 e. The fraction of sp³-hybridized carbons (Fsp3) is 0.846. The molecule has 0 heterocycles. The number of hydrogen-bond donors (Lipinski definition) is 0. The molecule has 2 bridgehead atoms. The Kier molecular flexibility index (Phi) is 3.08. The van der Waals surface area contributed by atoms with Gasteiger partial charge in [-0.25, -0.2) is 0 Å². The molecule has 0 nitrogen and oxygen atoms in total. The van der Waals surface area contributed by atoms with Crippen LogP contribution in [0.25, 0.3) is 0 Å². The molecule has 0 unspecified atom stereocenters. The van der Waals surface area contributed by atoms with Crippen LogP contribution in [0.4, 0.5) is 0 Å². The lowest BCUT2D eigenvalue weighted by Crippen LogP contribution is -2.06. The smallest absolute Gasteiger partial charge is 0.0199 e. The van der Waals surface area contributed by atoms with Crippen LogP contribution in [0.3, 0.4) is 0 Å². The highest BCUT2D eigenvalue weighted by molar-refractivity contribution is 5.09. The normalized spacial score (nSPS) is 35.9. The third-order valence-electron chi connectivity index (χ3n) is 3.84. The molecule has 2 aliphatic rings. The maximum atomic E-state index is 2.48. The van der Waals surface area contributed by atoms with Crippen LogP contribution in [0.15, 0.2) is 12.2 Å². The molecule has 1 fully saturated rings. The van der Waals surface area contributed by atoms with Gasteiger partial charge < -0.3 is 0 Å². The van der Waals surface area contributed by atoms with Crippen molar-refractivity contribution in [2.75, 3.05) is 0 Å². The number of unbranched alkanes of at least 4 members (excludes halogenated alkanes) is 3. The third-order valence-corrected chi connectivity index (χ3v) is 3.84. The second-order valence-corrected chi connectivity index (χ2v) is 4.89. The highest BCUT2D eigenvalue weighted by atomic mass is 14.4. The van der Waals surface area contributed by atoms with E-state index in [0.717, 1.165) is 17.8 Å². The van der Waals surface area contributed by atoms with Crippen molar-refractivity contribution in [3.05, 3.63) is 12.2 Å². The molecule has 0 aromatic carbocycles. The Morgan fingerprint density at radius 3 is 2.62 bits per heavy atom. The van der Waals surface area contributed by atoms with E-state index in [0.29, 0.717) is 0 Å². The van der Waals surface area contributed by atoms with E-state index in [9.17, 15) is 0 Å². The molecule has 0 spiro atoms. The monoisotopic (exact) mass is 178 g/mol. The molecule has 2 rings (SSSR count). The van der Waals surface area contributed by atoms with Gasteiger partial charge in [-0.05, 0) is 37.0 Å². The number of rotatable bonds is 5. The Bertz CT molecular complexity index is 180. The zero-order valence-electron chi connectivity index (χ0n) is 8.84. The molecule has 3 atom stereocenters. The first kappa shape index (κ1) is 9.30. The van der Waals surface area contributed by atoms with Crippen LogP contribution >= 0.6 is 0 Å². The van der Waals surface area contributed by atoms with Crippen molar-refractivity contribution >= 4 is 0 Å². The first-order valence-corrected chi connectivity index (χ1v) is 6.08. The van der Waals surface area contributed by atoms with Gasteiger partial charge in [-0.15, -0.1) is 0 Å². The molecule has 0 aromatic rings. The van der Waals surface area contributed by atoms with E-state index in [1.165, 1.54) is 44.9 Å². The number of allylic oxidation sites excluding steroid dienone is 2. The van der Waals surface area contributed by atoms with Crippen LogP contribution in [0.1, 0.15) is 51.9 Å². The van der Waals surface area contributed by atoms with Crippen LogP contribution in [0, 0.1) is 17.8 Å². The molecule has 0 aromatic heterocycles. The summed E-state index contributed by atoms with van der Waals surface area (Å²) in [5, 5.41) is 0. The summed E-state index contributed by atoms with van der Waals surface area (Å²) in [5.74, 6) is 3.01. The van der Waals surface area contributed by atoms with Crippen LogP contribution < -0.4 is 0 Å². The zero-order valence-corrected chi connectivity index (χ0v) is 8.84.